The Balaban J connectivity index is 1.29. The smallest absolute Gasteiger partial charge is 0.231 e. The minimum Gasteiger partial charge on any atom is -0.454 e. The highest BCUT2D eigenvalue weighted by molar-refractivity contribution is 5.94. The van der Waals surface area contributed by atoms with Crippen LogP contribution in [0.25, 0.3) is 0 Å². The molecule has 0 radical (unpaired) electrons. The maximum atomic E-state index is 12.6. The number of hydrogen-bond donors (Lipinski definition) is 2. The number of fused-ring (bicyclic) bond motifs is 1. The van der Waals surface area contributed by atoms with Crippen LogP contribution in [0.15, 0.2) is 42.5 Å². The molecule has 2 N–H and O–H groups in total. The molecule has 1 saturated carbocycles. The fourth-order valence-corrected chi connectivity index (χ4v) is 3.75. The first-order valence-corrected chi connectivity index (χ1v) is 9.64. The van der Waals surface area contributed by atoms with Crippen molar-refractivity contribution in [3.8, 4) is 17.6 Å². The van der Waals surface area contributed by atoms with Crippen LogP contribution in [-0.4, -0.2) is 18.6 Å². The molecule has 0 unspecified atom stereocenters. The number of ether oxygens (including phenoxy) is 2. The lowest BCUT2D eigenvalue weighted by molar-refractivity contribution is -0.125. The van der Waals surface area contributed by atoms with Gasteiger partial charge in [0.2, 0.25) is 18.6 Å². The average molecular weight is 391 g/mol. The number of nitrogens with one attached hydrogen (secondary N) is 2. The summed E-state index contributed by atoms with van der Waals surface area (Å²) in [6, 6.07) is 14.2. The number of carbonyl (C=O) groups excluding carboxylic acids is 2. The van der Waals surface area contributed by atoms with Crippen LogP contribution in [0.5, 0.6) is 11.5 Å². The van der Waals surface area contributed by atoms with Crippen LogP contribution in [-0.2, 0) is 9.59 Å². The predicted octanol–water partition coefficient (Wildman–Crippen LogP) is 3.67. The van der Waals surface area contributed by atoms with Crippen LogP contribution in [0.4, 0.5) is 11.4 Å². The van der Waals surface area contributed by atoms with Crippen molar-refractivity contribution in [2.75, 3.05) is 17.4 Å². The van der Waals surface area contributed by atoms with E-state index in [1.807, 2.05) is 0 Å². The van der Waals surface area contributed by atoms with Gasteiger partial charge in [0.1, 0.15) is 0 Å². The zero-order chi connectivity index (χ0) is 20.2. The lowest BCUT2D eigenvalue weighted by Gasteiger charge is -2.27. The Hall–Kier alpha value is -3.53. The lowest BCUT2D eigenvalue weighted by Crippen LogP contribution is -2.32. The molecular formula is C22H21N3O4. The number of benzene rings is 2. The van der Waals surface area contributed by atoms with Gasteiger partial charge in [-0.1, -0.05) is 6.07 Å². The molecule has 2 aliphatic rings. The Kier molecular flexibility index (Phi) is 5.34. The first-order valence-electron chi connectivity index (χ1n) is 9.64. The summed E-state index contributed by atoms with van der Waals surface area (Å²) >= 11 is 0. The molecule has 2 aromatic carbocycles. The molecule has 0 aromatic heterocycles. The van der Waals surface area contributed by atoms with Gasteiger partial charge in [0.05, 0.1) is 11.6 Å². The van der Waals surface area contributed by atoms with Crippen molar-refractivity contribution in [2.24, 2.45) is 11.8 Å². The van der Waals surface area contributed by atoms with Crippen molar-refractivity contribution in [3.63, 3.8) is 0 Å². The molecule has 29 heavy (non-hydrogen) atoms. The van der Waals surface area contributed by atoms with Crippen LogP contribution in [0.2, 0.25) is 0 Å². The van der Waals surface area contributed by atoms with Crippen LogP contribution in [0, 0.1) is 23.2 Å². The van der Waals surface area contributed by atoms with E-state index >= 15 is 0 Å². The summed E-state index contributed by atoms with van der Waals surface area (Å²) in [7, 11) is 0. The summed E-state index contributed by atoms with van der Waals surface area (Å²) in [5, 5.41) is 14.8. The van der Waals surface area contributed by atoms with E-state index in [4.69, 9.17) is 14.7 Å². The van der Waals surface area contributed by atoms with Crippen molar-refractivity contribution in [3.05, 3.63) is 48.0 Å². The van der Waals surface area contributed by atoms with E-state index in [-0.39, 0.29) is 30.4 Å². The third-order valence-corrected chi connectivity index (χ3v) is 5.37. The number of nitriles is 1. The van der Waals surface area contributed by atoms with E-state index < -0.39 is 0 Å². The second-order valence-electron chi connectivity index (χ2n) is 7.29. The van der Waals surface area contributed by atoms with Crippen molar-refractivity contribution < 1.29 is 19.1 Å². The second-order valence-corrected chi connectivity index (χ2v) is 7.29. The number of carbonyl (C=O) groups is 2. The van der Waals surface area contributed by atoms with Crippen LogP contribution < -0.4 is 20.1 Å². The Morgan fingerprint density at radius 3 is 2.14 bits per heavy atom. The third kappa shape index (κ3) is 4.32. The Labute approximate surface area is 168 Å². The van der Waals surface area contributed by atoms with E-state index in [0.29, 0.717) is 54.1 Å². The number of hydrogen-bond acceptors (Lipinski definition) is 5. The number of amides is 2. The van der Waals surface area contributed by atoms with E-state index in [2.05, 4.69) is 16.7 Å². The number of anilines is 2. The van der Waals surface area contributed by atoms with E-state index in [1.54, 1.807) is 42.5 Å². The maximum absolute atomic E-state index is 12.6. The monoisotopic (exact) mass is 391 g/mol. The minimum atomic E-state index is -0.129. The predicted molar refractivity (Wildman–Crippen MR) is 106 cm³/mol. The number of rotatable bonds is 4. The normalized spacial score (nSPS) is 19.8. The molecule has 1 heterocycles. The molecule has 7 nitrogen and oxygen atoms in total. The van der Waals surface area contributed by atoms with Crippen molar-refractivity contribution in [2.45, 2.75) is 25.7 Å². The van der Waals surface area contributed by atoms with Gasteiger partial charge in [0, 0.05) is 29.3 Å². The molecule has 148 valence electrons. The zero-order valence-corrected chi connectivity index (χ0v) is 15.8. The summed E-state index contributed by atoms with van der Waals surface area (Å²) in [6.07, 6.45) is 2.63. The zero-order valence-electron chi connectivity index (χ0n) is 15.8. The lowest BCUT2D eigenvalue weighted by atomic mass is 9.81. The molecule has 1 fully saturated rings. The standard InChI is InChI=1S/C22H21N3O4/c23-12-14-2-1-3-17(10-14)24-21(26)15-4-6-16(7-5-15)22(27)25-18-8-9-19-20(11-18)29-13-28-19/h1-3,8-11,15-16H,4-7,13H2,(H,24,26)(H,25,27). The maximum Gasteiger partial charge on any atom is 0.231 e. The van der Waals surface area contributed by atoms with Crippen molar-refractivity contribution >= 4 is 23.2 Å². The van der Waals surface area contributed by atoms with Crippen LogP contribution in [0.1, 0.15) is 31.2 Å². The van der Waals surface area contributed by atoms with Gasteiger partial charge in [0.25, 0.3) is 0 Å². The second kappa shape index (κ2) is 8.23. The molecular weight excluding hydrogens is 370 g/mol. The summed E-state index contributed by atoms with van der Waals surface area (Å²) < 4.78 is 10.6. The fraction of sp³-hybridized carbons (Fsp3) is 0.318. The van der Waals surface area contributed by atoms with Crippen LogP contribution >= 0.6 is 0 Å². The molecule has 0 atom stereocenters. The number of nitrogens with zero attached hydrogens (tertiary/aromatic N) is 1. The molecule has 1 aliphatic carbocycles. The molecule has 0 spiro atoms. The van der Waals surface area contributed by atoms with Gasteiger partial charge >= 0.3 is 0 Å². The minimum absolute atomic E-state index is 0.0376. The molecule has 4 rings (SSSR count). The molecule has 0 saturated heterocycles. The van der Waals surface area contributed by atoms with Gasteiger partial charge in [-0.05, 0) is 56.0 Å². The highest BCUT2D eigenvalue weighted by atomic mass is 16.7. The highest BCUT2D eigenvalue weighted by Gasteiger charge is 2.30. The first kappa shape index (κ1) is 18.8. The first-order chi connectivity index (χ1) is 14.1. The Morgan fingerprint density at radius 1 is 0.862 bits per heavy atom. The molecule has 2 aromatic rings. The fourth-order valence-electron chi connectivity index (χ4n) is 3.75. The molecule has 1 aliphatic heterocycles. The van der Waals surface area contributed by atoms with Crippen LogP contribution in [0.3, 0.4) is 0 Å². The SMILES string of the molecule is N#Cc1cccc(NC(=O)C2CCC(C(=O)Nc3ccc4c(c3)OCO4)CC2)c1. The van der Waals surface area contributed by atoms with Gasteiger partial charge in [-0.25, -0.2) is 0 Å². The van der Waals surface area contributed by atoms with E-state index in [9.17, 15) is 9.59 Å². The molecule has 7 heteroatoms. The summed E-state index contributed by atoms with van der Waals surface area (Å²) in [4.78, 5) is 25.1. The van der Waals surface area contributed by atoms with E-state index in [1.165, 1.54) is 0 Å². The average Bonchev–Trinajstić information content (AvgIpc) is 3.22. The summed E-state index contributed by atoms with van der Waals surface area (Å²) in [5.41, 5.74) is 1.81. The highest BCUT2D eigenvalue weighted by Crippen LogP contribution is 2.35. The van der Waals surface area contributed by atoms with Gasteiger partial charge in [0.15, 0.2) is 11.5 Å². The summed E-state index contributed by atoms with van der Waals surface area (Å²) in [6.45, 7) is 0.194. The van der Waals surface area contributed by atoms with Gasteiger partial charge in [-0.3, -0.25) is 9.59 Å². The Bertz CT molecular complexity index is 974. The quantitative estimate of drug-likeness (QED) is 0.828. The molecule has 0 bridgehead atoms. The van der Waals surface area contributed by atoms with Crippen molar-refractivity contribution in [1.82, 2.24) is 0 Å². The van der Waals surface area contributed by atoms with Crippen molar-refractivity contribution in [1.29, 1.82) is 5.26 Å². The summed E-state index contributed by atoms with van der Waals surface area (Å²) in [5.74, 6) is 0.958. The molecule has 2 amide bonds. The largest absolute Gasteiger partial charge is 0.454 e. The topological polar surface area (TPSA) is 100 Å². The van der Waals surface area contributed by atoms with Gasteiger partial charge in [-0.2, -0.15) is 5.26 Å². The van der Waals surface area contributed by atoms with E-state index in [0.717, 1.165) is 0 Å². The Morgan fingerprint density at radius 2 is 1.48 bits per heavy atom. The third-order valence-electron chi connectivity index (χ3n) is 5.37. The van der Waals surface area contributed by atoms with Gasteiger partial charge in [-0.15, -0.1) is 0 Å². The van der Waals surface area contributed by atoms with Gasteiger partial charge < -0.3 is 20.1 Å².